The Hall–Kier alpha value is -2.86. The summed E-state index contributed by atoms with van der Waals surface area (Å²) in [5.74, 6) is 0.406. The van der Waals surface area contributed by atoms with E-state index in [4.69, 9.17) is 11.6 Å². The Morgan fingerprint density at radius 3 is 2.67 bits per heavy atom. The third kappa shape index (κ3) is 3.80. The maximum atomic E-state index is 13.9. The zero-order valence-electron chi connectivity index (χ0n) is 19.1. The number of aromatic nitrogens is 2. The molecule has 2 aromatic carbocycles. The fourth-order valence-corrected chi connectivity index (χ4v) is 5.42. The van der Waals surface area contributed by atoms with Gasteiger partial charge in [-0.05, 0) is 49.4 Å². The number of carbonyl (C=O) groups is 2. The molecular formula is C26H29ClN4O2. The van der Waals surface area contributed by atoms with Crippen LogP contribution < -0.4 is 5.32 Å². The van der Waals surface area contributed by atoms with Crippen molar-refractivity contribution in [2.45, 2.75) is 64.2 Å². The minimum atomic E-state index is -1.08. The standard InChI is InChI=1S/C26H29ClN4O2/c1-17-9-3-6-12-20(17)29-25(33)26(2)16-30-22-14-8-7-13-21(22)28-23(30)24(32)31(26)15-18-10-4-5-11-19(18)27/h4-5,7-8,10-11,13-14,17,20H,3,6,9,12,15-16H2,1-2H3,(H,29,33)/t17-,20-,26+/m1/s1. The van der Waals surface area contributed by atoms with Gasteiger partial charge in [-0.2, -0.15) is 0 Å². The van der Waals surface area contributed by atoms with Gasteiger partial charge < -0.3 is 14.8 Å². The van der Waals surface area contributed by atoms with Crippen molar-refractivity contribution in [1.82, 2.24) is 19.8 Å². The monoisotopic (exact) mass is 464 g/mol. The van der Waals surface area contributed by atoms with E-state index >= 15 is 0 Å². The second-order valence-corrected chi connectivity index (χ2v) is 10.0. The highest BCUT2D eigenvalue weighted by molar-refractivity contribution is 6.31. The van der Waals surface area contributed by atoms with Crippen LogP contribution in [-0.2, 0) is 17.9 Å². The van der Waals surface area contributed by atoms with Crippen molar-refractivity contribution in [2.75, 3.05) is 0 Å². The summed E-state index contributed by atoms with van der Waals surface area (Å²) in [7, 11) is 0. The number of hydrogen-bond donors (Lipinski definition) is 1. The molecule has 172 valence electrons. The van der Waals surface area contributed by atoms with Gasteiger partial charge in [0, 0.05) is 17.6 Å². The second kappa shape index (κ2) is 8.49. The third-order valence-electron chi connectivity index (χ3n) is 7.36. The van der Waals surface area contributed by atoms with Crippen LogP contribution in [0.15, 0.2) is 48.5 Å². The molecule has 3 atom stereocenters. The molecule has 1 aliphatic heterocycles. The summed E-state index contributed by atoms with van der Waals surface area (Å²) >= 11 is 6.44. The molecule has 1 fully saturated rings. The van der Waals surface area contributed by atoms with E-state index in [0.29, 0.717) is 23.3 Å². The molecule has 1 N–H and O–H groups in total. The van der Waals surface area contributed by atoms with Crippen LogP contribution in [-0.4, -0.2) is 37.8 Å². The van der Waals surface area contributed by atoms with Gasteiger partial charge in [-0.3, -0.25) is 9.59 Å². The second-order valence-electron chi connectivity index (χ2n) is 9.61. The zero-order chi connectivity index (χ0) is 23.2. The quantitative estimate of drug-likeness (QED) is 0.603. The van der Waals surface area contributed by atoms with E-state index in [9.17, 15) is 9.59 Å². The van der Waals surface area contributed by atoms with Crippen LogP contribution in [0.2, 0.25) is 5.02 Å². The molecule has 1 aromatic heterocycles. The molecule has 0 unspecified atom stereocenters. The molecule has 0 spiro atoms. The first-order chi connectivity index (χ1) is 15.9. The Morgan fingerprint density at radius 1 is 1.15 bits per heavy atom. The van der Waals surface area contributed by atoms with E-state index < -0.39 is 5.54 Å². The average Bonchev–Trinajstić information content (AvgIpc) is 3.18. The number of nitrogens with zero attached hydrogens (tertiary/aromatic N) is 3. The number of amides is 2. The molecule has 0 saturated heterocycles. The summed E-state index contributed by atoms with van der Waals surface area (Å²) < 4.78 is 1.89. The fourth-order valence-electron chi connectivity index (χ4n) is 5.23. The van der Waals surface area contributed by atoms with Gasteiger partial charge in [0.15, 0.2) is 5.82 Å². The van der Waals surface area contributed by atoms with Crippen molar-refractivity contribution < 1.29 is 9.59 Å². The third-order valence-corrected chi connectivity index (χ3v) is 7.72. The van der Waals surface area contributed by atoms with E-state index in [1.807, 2.05) is 60.0 Å². The molecule has 33 heavy (non-hydrogen) atoms. The van der Waals surface area contributed by atoms with Crippen molar-refractivity contribution in [3.05, 3.63) is 64.9 Å². The molecule has 0 radical (unpaired) electrons. The number of para-hydroxylation sites is 2. The number of fused-ring (bicyclic) bond motifs is 3. The van der Waals surface area contributed by atoms with Gasteiger partial charge in [-0.15, -0.1) is 0 Å². The van der Waals surface area contributed by atoms with Crippen molar-refractivity contribution in [2.24, 2.45) is 5.92 Å². The van der Waals surface area contributed by atoms with Crippen LogP contribution in [0, 0.1) is 5.92 Å². The molecule has 5 rings (SSSR count). The average molecular weight is 465 g/mol. The van der Waals surface area contributed by atoms with Gasteiger partial charge in [-0.1, -0.05) is 61.7 Å². The van der Waals surface area contributed by atoms with Crippen molar-refractivity contribution in [3.63, 3.8) is 0 Å². The Kier molecular flexibility index (Phi) is 5.65. The highest BCUT2D eigenvalue weighted by Gasteiger charge is 2.49. The van der Waals surface area contributed by atoms with E-state index in [2.05, 4.69) is 17.2 Å². The number of imidazole rings is 1. The zero-order valence-corrected chi connectivity index (χ0v) is 19.8. The lowest BCUT2D eigenvalue weighted by Crippen LogP contribution is -2.65. The molecule has 7 heteroatoms. The topological polar surface area (TPSA) is 67.2 Å². The summed E-state index contributed by atoms with van der Waals surface area (Å²) in [6.07, 6.45) is 4.40. The summed E-state index contributed by atoms with van der Waals surface area (Å²) in [4.78, 5) is 33.9. The van der Waals surface area contributed by atoms with Crippen molar-refractivity contribution in [3.8, 4) is 0 Å². The molecule has 6 nitrogen and oxygen atoms in total. The van der Waals surface area contributed by atoms with Gasteiger partial charge in [0.05, 0.1) is 17.6 Å². The first-order valence-electron chi connectivity index (χ1n) is 11.7. The Bertz CT molecular complexity index is 1220. The predicted molar refractivity (Wildman–Crippen MR) is 129 cm³/mol. The van der Waals surface area contributed by atoms with E-state index in [1.54, 1.807) is 4.90 Å². The predicted octanol–water partition coefficient (Wildman–Crippen LogP) is 4.80. The maximum absolute atomic E-state index is 13.9. The van der Waals surface area contributed by atoms with E-state index in [-0.39, 0.29) is 24.4 Å². The van der Waals surface area contributed by atoms with E-state index in [1.165, 1.54) is 6.42 Å². The minimum Gasteiger partial charge on any atom is -0.351 e. The van der Waals surface area contributed by atoms with Crippen LogP contribution in [0.25, 0.3) is 11.0 Å². The van der Waals surface area contributed by atoms with Crippen LogP contribution >= 0.6 is 11.6 Å². The van der Waals surface area contributed by atoms with Gasteiger partial charge in [-0.25, -0.2) is 4.98 Å². The fraction of sp³-hybridized carbons (Fsp3) is 0.423. The molecule has 3 aromatic rings. The lowest BCUT2D eigenvalue weighted by Gasteiger charge is -2.45. The van der Waals surface area contributed by atoms with Crippen molar-refractivity contribution in [1.29, 1.82) is 0 Å². The van der Waals surface area contributed by atoms with E-state index in [0.717, 1.165) is 35.9 Å². The highest BCUT2D eigenvalue weighted by Crippen LogP contribution is 2.34. The molecule has 0 bridgehead atoms. The molecular weight excluding hydrogens is 436 g/mol. The number of nitrogens with one attached hydrogen (secondary N) is 1. The first-order valence-corrected chi connectivity index (χ1v) is 12.1. The van der Waals surface area contributed by atoms with Gasteiger partial charge in [0.25, 0.3) is 5.91 Å². The molecule has 1 aliphatic carbocycles. The van der Waals surface area contributed by atoms with Crippen molar-refractivity contribution >= 4 is 34.4 Å². The maximum Gasteiger partial charge on any atom is 0.291 e. The van der Waals surface area contributed by atoms with Gasteiger partial charge >= 0.3 is 0 Å². The Morgan fingerprint density at radius 2 is 1.88 bits per heavy atom. The Balaban J connectivity index is 1.56. The molecule has 2 aliphatic rings. The molecule has 1 saturated carbocycles. The van der Waals surface area contributed by atoms with Gasteiger partial charge in [0.1, 0.15) is 5.54 Å². The summed E-state index contributed by atoms with van der Waals surface area (Å²) in [5, 5.41) is 3.88. The lowest BCUT2D eigenvalue weighted by molar-refractivity contribution is -0.134. The van der Waals surface area contributed by atoms with Crippen LogP contribution in [0.3, 0.4) is 0 Å². The van der Waals surface area contributed by atoms with Crippen LogP contribution in [0.5, 0.6) is 0 Å². The van der Waals surface area contributed by atoms with Crippen LogP contribution in [0.4, 0.5) is 0 Å². The summed E-state index contributed by atoms with van der Waals surface area (Å²) in [6.45, 7) is 4.64. The minimum absolute atomic E-state index is 0.120. The number of hydrogen-bond acceptors (Lipinski definition) is 3. The number of rotatable bonds is 4. The molecule has 2 amide bonds. The number of carbonyl (C=O) groups excluding carboxylic acids is 2. The normalized spacial score (nSPS) is 25.2. The summed E-state index contributed by atoms with van der Waals surface area (Å²) in [5.41, 5.74) is 1.35. The smallest absolute Gasteiger partial charge is 0.291 e. The number of benzene rings is 2. The summed E-state index contributed by atoms with van der Waals surface area (Å²) in [6, 6.07) is 15.3. The van der Waals surface area contributed by atoms with Gasteiger partial charge in [0.2, 0.25) is 5.91 Å². The lowest BCUT2D eigenvalue weighted by atomic mass is 9.85. The van der Waals surface area contributed by atoms with Crippen LogP contribution in [0.1, 0.15) is 55.7 Å². The number of halogens is 1. The highest BCUT2D eigenvalue weighted by atomic mass is 35.5. The largest absolute Gasteiger partial charge is 0.351 e. The first kappa shape index (κ1) is 22.0. The SMILES string of the molecule is C[C@@H]1CCCC[C@H]1NC(=O)[C@]1(C)Cn2c(nc3ccccc32)C(=O)N1Cc1ccccc1Cl. The Labute approximate surface area is 198 Å². The molecule has 2 heterocycles.